The number of hydrogen-bond acceptors (Lipinski definition) is 0. The van der Waals surface area contributed by atoms with E-state index in [9.17, 15) is 4.39 Å². The van der Waals surface area contributed by atoms with Gasteiger partial charge in [0.25, 0.3) is 0 Å². The van der Waals surface area contributed by atoms with E-state index >= 15 is 0 Å². The zero-order valence-electron chi connectivity index (χ0n) is 8.93. The van der Waals surface area contributed by atoms with Gasteiger partial charge in [-0.25, -0.2) is 4.39 Å². The van der Waals surface area contributed by atoms with Crippen molar-refractivity contribution < 1.29 is 4.39 Å². The van der Waals surface area contributed by atoms with Gasteiger partial charge in [0.05, 0.1) is 5.02 Å². The summed E-state index contributed by atoms with van der Waals surface area (Å²) in [5.41, 5.74) is 1.10. The summed E-state index contributed by atoms with van der Waals surface area (Å²) in [5.74, 6) is 0.225. The fraction of sp³-hybridized carbons (Fsp3) is 0.500. The minimum atomic E-state index is -0.345. The van der Waals surface area contributed by atoms with E-state index in [1.54, 1.807) is 12.1 Å². The molecule has 0 aromatic heterocycles. The van der Waals surface area contributed by atoms with Gasteiger partial charge >= 0.3 is 0 Å². The highest BCUT2D eigenvalue weighted by molar-refractivity contribution is 9.09. The molecule has 0 bridgehead atoms. The SMILES string of the molecule is CC(Br)CC(C)Cc1ccc(F)c(Cl)c1. The second kappa shape index (κ2) is 5.86. The van der Waals surface area contributed by atoms with Crippen molar-refractivity contribution in [3.63, 3.8) is 0 Å². The van der Waals surface area contributed by atoms with Gasteiger partial charge in [0.2, 0.25) is 0 Å². The quantitative estimate of drug-likeness (QED) is 0.697. The standard InChI is InChI=1S/C12H15BrClF/c1-8(5-9(2)13)6-10-3-4-12(15)11(14)7-10/h3-4,7-9H,5-6H2,1-2H3. The molecule has 0 saturated heterocycles. The third kappa shape index (κ3) is 4.52. The summed E-state index contributed by atoms with van der Waals surface area (Å²) >= 11 is 9.25. The molecule has 2 unspecified atom stereocenters. The molecule has 0 aliphatic carbocycles. The Kier molecular flexibility index (Phi) is 5.07. The van der Waals surface area contributed by atoms with E-state index in [-0.39, 0.29) is 10.8 Å². The van der Waals surface area contributed by atoms with Gasteiger partial charge in [0, 0.05) is 4.83 Å². The molecule has 1 rings (SSSR count). The lowest BCUT2D eigenvalue weighted by Gasteiger charge is -2.13. The second-order valence-corrected chi connectivity index (χ2v) is 6.04. The van der Waals surface area contributed by atoms with Crippen molar-refractivity contribution in [2.75, 3.05) is 0 Å². The number of rotatable bonds is 4. The predicted molar refractivity (Wildman–Crippen MR) is 67.3 cm³/mol. The van der Waals surface area contributed by atoms with Crippen molar-refractivity contribution in [2.45, 2.75) is 31.5 Å². The highest BCUT2D eigenvalue weighted by Gasteiger charge is 2.08. The van der Waals surface area contributed by atoms with Crippen LogP contribution in [0.1, 0.15) is 25.8 Å². The van der Waals surface area contributed by atoms with Crippen LogP contribution in [0.4, 0.5) is 4.39 Å². The van der Waals surface area contributed by atoms with Crippen LogP contribution >= 0.6 is 27.5 Å². The molecule has 0 saturated carbocycles. The van der Waals surface area contributed by atoms with Gasteiger partial charge in [0.15, 0.2) is 0 Å². The Morgan fingerprint density at radius 2 is 2.07 bits per heavy atom. The normalized spacial score (nSPS) is 15.0. The predicted octanol–water partition coefficient (Wildman–Crippen LogP) is 4.83. The van der Waals surface area contributed by atoms with Gasteiger partial charge in [-0.1, -0.05) is 47.4 Å². The minimum Gasteiger partial charge on any atom is -0.205 e. The fourth-order valence-corrected chi connectivity index (χ4v) is 2.55. The second-order valence-electron chi connectivity index (χ2n) is 4.07. The Bertz CT molecular complexity index is 325. The molecule has 0 radical (unpaired) electrons. The van der Waals surface area contributed by atoms with Crippen molar-refractivity contribution in [3.05, 3.63) is 34.6 Å². The van der Waals surface area contributed by atoms with Gasteiger partial charge in [-0.05, 0) is 36.5 Å². The Balaban J connectivity index is 2.60. The molecule has 0 aliphatic rings. The topological polar surface area (TPSA) is 0 Å². The molecule has 3 heteroatoms. The van der Waals surface area contributed by atoms with Crippen LogP contribution in [0, 0.1) is 11.7 Å². The number of benzene rings is 1. The molecule has 15 heavy (non-hydrogen) atoms. The van der Waals surface area contributed by atoms with E-state index in [1.807, 2.05) is 0 Å². The molecule has 84 valence electrons. The molecule has 2 atom stereocenters. The first-order valence-corrected chi connectivity index (χ1v) is 6.36. The molecule has 1 aromatic rings. The van der Waals surface area contributed by atoms with Crippen LogP contribution in [0.15, 0.2) is 18.2 Å². The summed E-state index contributed by atoms with van der Waals surface area (Å²) in [7, 11) is 0. The average Bonchev–Trinajstić information content (AvgIpc) is 2.10. The maximum Gasteiger partial charge on any atom is 0.141 e. The third-order valence-corrected chi connectivity index (χ3v) is 2.96. The highest BCUT2D eigenvalue weighted by Crippen LogP contribution is 2.21. The molecule has 1 aromatic carbocycles. The Hall–Kier alpha value is -0.0800. The molecule has 0 amide bonds. The Labute approximate surface area is 104 Å². The summed E-state index contributed by atoms with van der Waals surface area (Å²) in [5, 5.41) is 0.214. The van der Waals surface area contributed by atoms with Crippen LogP contribution in [0.2, 0.25) is 5.02 Å². The first-order chi connectivity index (χ1) is 6.99. The molecule has 0 aliphatic heterocycles. The van der Waals surface area contributed by atoms with Crippen LogP contribution in [0.5, 0.6) is 0 Å². The van der Waals surface area contributed by atoms with Crippen molar-refractivity contribution in [3.8, 4) is 0 Å². The van der Waals surface area contributed by atoms with Crippen LogP contribution < -0.4 is 0 Å². The maximum absolute atomic E-state index is 12.9. The van der Waals surface area contributed by atoms with Gasteiger partial charge in [-0.15, -0.1) is 0 Å². The van der Waals surface area contributed by atoms with Crippen molar-refractivity contribution in [1.29, 1.82) is 0 Å². The molecule has 0 heterocycles. The highest BCUT2D eigenvalue weighted by atomic mass is 79.9. The number of hydrogen-bond donors (Lipinski definition) is 0. The third-order valence-electron chi connectivity index (χ3n) is 2.30. The van der Waals surface area contributed by atoms with E-state index < -0.39 is 0 Å². The fourth-order valence-electron chi connectivity index (χ4n) is 1.71. The maximum atomic E-state index is 12.9. The lowest BCUT2D eigenvalue weighted by Crippen LogP contribution is -2.05. The van der Waals surface area contributed by atoms with Crippen LogP contribution in [0.3, 0.4) is 0 Å². The van der Waals surface area contributed by atoms with Crippen molar-refractivity contribution in [1.82, 2.24) is 0 Å². The first-order valence-electron chi connectivity index (χ1n) is 5.07. The summed E-state index contributed by atoms with van der Waals surface area (Å²) in [6.07, 6.45) is 2.05. The lowest BCUT2D eigenvalue weighted by molar-refractivity contribution is 0.532. The lowest BCUT2D eigenvalue weighted by atomic mass is 9.97. The Morgan fingerprint density at radius 3 is 2.60 bits per heavy atom. The molecular formula is C12H15BrClF. The van der Waals surface area contributed by atoms with Gasteiger partial charge < -0.3 is 0 Å². The van der Waals surface area contributed by atoms with Gasteiger partial charge in [-0.3, -0.25) is 0 Å². The monoisotopic (exact) mass is 292 g/mol. The van der Waals surface area contributed by atoms with E-state index in [0.29, 0.717) is 10.7 Å². The number of halogens is 3. The van der Waals surface area contributed by atoms with E-state index in [2.05, 4.69) is 29.8 Å². The Morgan fingerprint density at radius 1 is 1.40 bits per heavy atom. The van der Waals surface area contributed by atoms with E-state index in [0.717, 1.165) is 18.4 Å². The molecule has 0 spiro atoms. The van der Waals surface area contributed by atoms with Gasteiger partial charge in [0.1, 0.15) is 5.82 Å². The summed E-state index contributed by atoms with van der Waals surface area (Å²) in [4.78, 5) is 0.517. The minimum absolute atomic E-state index is 0.214. The smallest absolute Gasteiger partial charge is 0.141 e. The summed E-state index contributed by atoms with van der Waals surface area (Å²) < 4.78 is 12.9. The average molecular weight is 294 g/mol. The van der Waals surface area contributed by atoms with Crippen molar-refractivity contribution >= 4 is 27.5 Å². The van der Waals surface area contributed by atoms with Crippen molar-refractivity contribution in [2.24, 2.45) is 5.92 Å². The zero-order valence-corrected chi connectivity index (χ0v) is 11.3. The van der Waals surface area contributed by atoms with E-state index in [4.69, 9.17) is 11.6 Å². The number of alkyl halides is 1. The largest absolute Gasteiger partial charge is 0.205 e. The van der Waals surface area contributed by atoms with Crippen LogP contribution in [-0.2, 0) is 6.42 Å². The summed E-state index contributed by atoms with van der Waals surface area (Å²) in [6, 6.07) is 4.95. The molecule has 0 fully saturated rings. The molecule has 0 N–H and O–H groups in total. The zero-order chi connectivity index (χ0) is 11.4. The molecular weight excluding hydrogens is 278 g/mol. The van der Waals surface area contributed by atoms with E-state index in [1.165, 1.54) is 6.07 Å². The molecule has 0 nitrogen and oxygen atoms in total. The van der Waals surface area contributed by atoms with Crippen LogP contribution in [-0.4, -0.2) is 4.83 Å². The summed E-state index contributed by atoms with van der Waals surface area (Å²) in [6.45, 7) is 4.32. The van der Waals surface area contributed by atoms with Crippen LogP contribution in [0.25, 0.3) is 0 Å². The van der Waals surface area contributed by atoms with Gasteiger partial charge in [-0.2, -0.15) is 0 Å². The first kappa shape index (κ1) is 13.0.